The molecule has 1 saturated heterocycles. The second kappa shape index (κ2) is 8.43. The zero-order valence-electron chi connectivity index (χ0n) is 18.7. The van der Waals surface area contributed by atoms with Crippen molar-refractivity contribution in [2.45, 2.75) is 19.8 Å². The van der Waals surface area contributed by atoms with Crippen molar-refractivity contribution in [1.29, 1.82) is 0 Å². The minimum Gasteiger partial charge on any atom is -0.378 e. The molecule has 0 aliphatic carbocycles. The number of imidazole rings is 1. The highest BCUT2D eigenvalue weighted by Crippen LogP contribution is 2.34. The molecule has 0 amide bonds. The van der Waals surface area contributed by atoms with E-state index in [-0.39, 0.29) is 5.92 Å². The summed E-state index contributed by atoms with van der Waals surface area (Å²) < 4.78 is 37.3. The van der Waals surface area contributed by atoms with Crippen molar-refractivity contribution in [3.05, 3.63) is 65.2 Å². The maximum atomic E-state index is 14.6. The minimum absolute atomic E-state index is 0.377. The van der Waals surface area contributed by atoms with E-state index in [1.54, 1.807) is 10.8 Å². The molecule has 0 spiro atoms. The van der Waals surface area contributed by atoms with E-state index in [4.69, 9.17) is 14.8 Å². The van der Waals surface area contributed by atoms with E-state index in [9.17, 15) is 8.78 Å². The molecule has 1 aliphatic heterocycles. The van der Waals surface area contributed by atoms with Crippen LogP contribution >= 0.6 is 0 Å². The van der Waals surface area contributed by atoms with E-state index in [0.29, 0.717) is 36.1 Å². The highest BCUT2D eigenvalue weighted by atomic mass is 19.1. The maximum absolute atomic E-state index is 14.6. The Labute approximate surface area is 189 Å². The van der Waals surface area contributed by atoms with Gasteiger partial charge in [0.05, 0.1) is 25.2 Å². The molecular formula is C23H25F2N7O. The first-order valence-corrected chi connectivity index (χ1v) is 10.8. The summed E-state index contributed by atoms with van der Waals surface area (Å²) in [5.74, 6) is 0.571. The van der Waals surface area contributed by atoms with E-state index in [1.807, 2.05) is 37.7 Å². The first kappa shape index (κ1) is 21.3. The Balaban J connectivity index is 1.66. The first-order chi connectivity index (χ1) is 15.9. The van der Waals surface area contributed by atoms with Gasteiger partial charge in [-0.05, 0) is 18.6 Å². The van der Waals surface area contributed by atoms with Crippen LogP contribution in [0.1, 0.15) is 29.7 Å². The highest BCUT2D eigenvalue weighted by molar-refractivity contribution is 5.66. The molecule has 0 bridgehead atoms. The van der Waals surface area contributed by atoms with Crippen LogP contribution in [0.15, 0.2) is 36.8 Å². The number of anilines is 3. The molecule has 0 saturated carbocycles. The topological polar surface area (TPSA) is 72.5 Å². The Morgan fingerprint density at radius 2 is 1.91 bits per heavy atom. The maximum Gasteiger partial charge on any atom is 0.163 e. The van der Waals surface area contributed by atoms with Crippen LogP contribution in [0.3, 0.4) is 0 Å². The summed E-state index contributed by atoms with van der Waals surface area (Å²) in [6, 6.07) is 5.60. The summed E-state index contributed by atoms with van der Waals surface area (Å²) in [4.78, 5) is 11.4. The zero-order chi connectivity index (χ0) is 23.1. The molecule has 1 aliphatic rings. The third kappa shape index (κ3) is 4.02. The molecule has 8 nitrogen and oxygen atoms in total. The third-order valence-corrected chi connectivity index (χ3v) is 5.95. The van der Waals surface area contributed by atoms with Crippen molar-refractivity contribution < 1.29 is 13.5 Å². The lowest BCUT2D eigenvalue weighted by Crippen LogP contribution is -2.37. The van der Waals surface area contributed by atoms with Crippen LogP contribution < -0.4 is 10.2 Å². The Kier molecular flexibility index (Phi) is 5.45. The molecular weight excluding hydrogens is 428 g/mol. The quantitative estimate of drug-likeness (QED) is 0.496. The van der Waals surface area contributed by atoms with Gasteiger partial charge in [-0.2, -0.15) is 9.61 Å². The third-order valence-electron chi connectivity index (χ3n) is 5.95. The van der Waals surface area contributed by atoms with Crippen LogP contribution in [0, 0.1) is 18.6 Å². The van der Waals surface area contributed by atoms with Gasteiger partial charge in [0, 0.05) is 49.9 Å². The van der Waals surface area contributed by atoms with Crippen molar-refractivity contribution in [1.82, 2.24) is 24.1 Å². The second-order valence-electron chi connectivity index (χ2n) is 8.27. The van der Waals surface area contributed by atoms with Crippen LogP contribution in [-0.4, -0.2) is 50.5 Å². The van der Waals surface area contributed by atoms with Crippen LogP contribution in [0.4, 0.5) is 26.2 Å². The number of benzene rings is 1. The minimum atomic E-state index is -0.602. The number of aromatic nitrogens is 5. The Hall–Kier alpha value is -3.53. The number of aryl methyl sites for hydroxylation is 2. The van der Waals surface area contributed by atoms with Gasteiger partial charge in [0.2, 0.25) is 0 Å². The normalized spacial score (nSPS) is 15.2. The number of rotatable bonds is 5. The number of hydrogen-bond donors (Lipinski definition) is 1. The lowest BCUT2D eigenvalue weighted by molar-refractivity contribution is 0.122. The summed E-state index contributed by atoms with van der Waals surface area (Å²) in [6.45, 7) is 6.46. The monoisotopic (exact) mass is 453 g/mol. The van der Waals surface area contributed by atoms with Gasteiger partial charge in [-0.15, -0.1) is 0 Å². The molecule has 4 aromatic rings. The second-order valence-corrected chi connectivity index (χ2v) is 8.27. The lowest BCUT2D eigenvalue weighted by Gasteiger charge is -2.29. The standard InChI is InChI=1S/C23H25F2N7O/c1-14(17-5-4-16(24)10-18(17)25)22-15(2)29-32-21(31-6-8-33-9-7-31)11-19(28-23(22)32)27-20-12-30(3)13-26-20/h4-5,10-14H,6-9H2,1-3H3,(H,27,28). The first-order valence-electron chi connectivity index (χ1n) is 10.8. The van der Waals surface area contributed by atoms with Crippen LogP contribution in [0.2, 0.25) is 0 Å². The van der Waals surface area contributed by atoms with Gasteiger partial charge >= 0.3 is 0 Å². The molecule has 3 aromatic heterocycles. The number of ether oxygens (including phenoxy) is 1. The van der Waals surface area contributed by atoms with Gasteiger partial charge in [0.15, 0.2) is 5.65 Å². The van der Waals surface area contributed by atoms with Crippen molar-refractivity contribution >= 4 is 23.1 Å². The molecule has 0 radical (unpaired) electrons. The molecule has 1 aromatic carbocycles. The van der Waals surface area contributed by atoms with E-state index >= 15 is 0 Å². The van der Waals surface area contributed by atoms with Crippen molar-refractivity contribution in [2.75, 3.05) is 36.5 Å². The zero-order valence-corrected chi connectivity index (χ0v) is 18.7. The summed E-state index contributed by atoms with van der Waals surface area (Å²) in [5.41, 5.74) is 2.54. The van der Waals surface area contributed by atoms with Gasteiger partial charge in [-0.1, -0.05) is 13.0 Å². The SMILES string of the molecule is Cc1nn2c(N3CCOCC3)cc(Nc3cn(C)cn3)nc2c1C(C)c1ccc(F)cc1F. The molecule has 1 fully saturated rings. The van der Waals surface area contributed by atoms with Crippen molar-refractivity contribution in [3.8, 4) is 0 Å². The number of hydrogen-bond acceptors (Lipinski definition) is 6. The van der Waals surface area contributed by atoms with Gasteiger partial charge in [0.25, 0.3) is 0 Å². The highest BCUT2D eigenvalue weighted by Gasteiger charge is 2.25. The fraction of sp³-hybridized carbons (Fsp3) is 0.348. The number of halogens is 2. The predicted molar refractivity (Wildman–Crippen MR) is 121 cm³/mol. The van der Waals surface area contributed by atoms with E-state index in [0.717, 1.165) is 36.2 Å². The summed E-state index contributed by atoms with van der Waals surface area (Å²) in [7, 11) is 1.89. The van der Waals surface area contributed by atoms with Crippen molar-refractivity contribution in [2.24, 2.45) is 7.05 Å². The Bertz CT molecular complexity index is 1310. The number of morpholine rings is 1. The van der Waals surface area contributed by atoms with E-state index in [1.165, 1.54) is 12.1 Å². The Morgan fingerprint density at radius 3 is 2.61 bits per heavy atom. The predicted octanol–water partition coefficient (Wildman–Crippen LogP) is 3.78. The fourth-order valence-electron chi connectivity index (χ4n) is 4.33. The van der Waals surface area contributed by atoms with Crippen LogP contribution in [-0.2, 0) is 11.8 Å². The van der Waals surface area contributed by atoms with Gasteiger partial charge in [-0.3, -0.25) is 0 Å². The summed E-state index contributed by atoms with van der Waals surface area (Å²) in [5, 5.41) is 8.03. The van der Waals surface area contributed by atoms with E-state index in [2.05, 4.69) is 15.2 Å². The van der Waals surface area contributed by atoms with Gasteiger partial charge < -0.3 is 19.5 Å². The van der Waals surface area contributed by atoms with Gasteiger partial charge in [-0.25, -0.2) is 18.7 Å². The molecule has 4 heterocycles. The average Bonchev–Trinajstić information content (AvgIpc) is 3.35. The smallest absolute Gasteiger partial charge is 0.163 e. The number of nitrogens with zero attached hydrogens (tertiary/aromatic N) is 6. The van der Waals surface area contributed by atoms with Gasteiger partial charge in [0.1, 0.15) is 29.1 Å². The van der Waals surface area contributed by atoms with Crippen LogP contribution in [0.25, 0.3) is 5.65 Å². The fourth-order valence-corrected chi connectivity index (χ4v) is 4.33. The molecule has 5 rings (SSSR count). The largest absolute Gasteiger partial charge is 0.378 e. The molecule has 10 heteroatoms. The van der Waals surface area contributed by atoms with Crippen molar-refractivity contribution in [3.63, 3.8) is 0 Å². The van der Waals surface area contributed by atoms with Crippen LogP contribution in [0.5, 0.6) is 0 Å². The molecule has 1 unspecified atom stereocenters. The Morgan fingerprint density at radius 1 is 1.12 bits per heavy atom. The number of fused-ring (bicyclic) bond motifs is 1. The summed E-state index contributed by atoms with van der Waals surface area (Å²) in [6.07, 6.45) is 3.57. The lowest BCUT2D eigenvalue weighted by atomic mass is 9.92. The summed E-state index contributed by atoms with van der Waals surface area (Å²) >= 11 is 0. The van der Waals surface area contributed by atoms with E-state index < -0.39 is 11.6 Å². The molecule has 1 atom stereocenters. The molecule has 33 heavy (non-hydrogen) atoms. The molecule has 172 valence electrons. The number of nitrogens with one attached hydrogen (secondary N) is 1. The molecule has 1 N–H and O–H groups in total. The average molecular weight is 453 g/mol.